The summed E-state index contributed by atoms with van der Waals surface area (Å²) in [4.78, 5) is 27.6. The molecule has 1 aliphatic rings. The summed E-state index contributed by atoms with van der Waals surface area (Å²) in [7, 11) is 0. The van der Waals surface area contributed by atoms with Crippen molar-refractivity contribution in [1.82, 2.24) is 0 Å². The molecule has 1 heterocycles. The van der Waals surface area contributed by atoms with Crippen LogP contribution in [0.3, 0.4) is 0 Å². The summed E-state index contributed by atoms with van der Waals surface area (Å²) in [6.07, 6.45) is 1.53. The molecule has 0 aliphatic carbocycles. The minimum Gasteiger partial charge on any atom is -0.489 e. The monoisotopic (exact) mass is 500 g/mol. The Labute approximate surface area is 219 Å². The number of benzene rings is 3. The first-order valence-corrected chi connectivity index (χ1v) is 12.8. The molecule has 3 aromatic carbocycles. The first kappa shape index (κ1) is 26.3. The van der Waals surface area contributed by atoms with Crippen LogP contribution in [0.1, 0.15) is 55.1 Å². The lowest BCUT2D eigenvalue weighted by atomic mass is 9.95. The van der Waals surface area contributed by atoms with Gasteiger partial charge in [0.2, 0.25) is 0 Å². The Bertz CT molecular complexity index is 1210. The third-order valence-electron chi connectivity index (χ3n) is 6.42. The zero-order valence-corrected chi connectivity index (χ0v) is 22.1. The van der Waals surface area contributed by atoms with Crippen LogP contribution in [0.4, 0.5) is 11.4 Å². The van der Waals surface area contributed by atoms with Crippen molar-refractivity contribution in [2.45, 2.75) is 52.7 Å². The fraction of sp³-hybridized carbons (Fsp3) is 0.355. The fourth-order valence-electron chi connectivity index (χ4n) is 4.43. The minimum atomic E-state index is -0.458. The van der Waals surface area contributed by atoms with Crippen molar-refractivity contribution >= 4 is 23.3 Å². The highest BCUT2D eigenvalue weighted by molar-refractivity contribution is 6.05. The van der Waals surface area contributed by atoms with Gasteiger partial charge in [0.1, 0.15) is 18.0 Å². The number of hydrogen-bond donors (Lipinski definition) is 1. The highest BCUT2D eigenvalue weighted by Crippen LogP contribution is 2.27. The summed E-state index contributed by atoms with van der Waals surface area (Å²) < 4.78 is 11.4. The van der Waals surface area contributed by atoms with E-state index in [1.807, 2.05) is 100 Å². The standard InChI is InChI=1S/C31H36N2O4/c1-22-20-26(33-18-16-24(17-19-33)30(35)37-31(2,3)4)12-15-28(22)29(34)32-25-10-13-27(14-11-25)36-21-23-8-6-5-7-9-23/h5-15,20,24H,16-19,21H2,1-4H3,(H,32,34). The van der Waals surface area contributed by atoms with Crippen LogP contribution >= 0.6 is 0 Å². The van der Waals surface area contributed by atoms with Crippen molar-refractivity contribution < 1.29 is 19.1 Å². The van der Waals surface area contributed by atoms with Crippen molar-refractivity contribution in [3.63, 3.8) is 0 Å². The molecule has 0 bridgehead atoms. The molecule has 194 valence electrons. The number of ether oxygens (including phenoxy) is 2. The first-order valence-electron chi connectivity index (χ1n) is 12.8. The molecule has 3 aromatic rings. The lowest BCUT2D eigenvalue weighted by Crippen LogP contribution is -2.38. The van der Waals surface area contributed by atoms with Crippen LogP contribution in [0.25, 0.3) is 0 Å². The Morgan fingerprint density at radius 2 is 1.62 bits per heavy atom. The van der Waals surface area contributed by atoms with Gasteiger partial charge in [-0.1, -0.05) is 30.3 Å². The van der Waals surface area contributed by atoms with Gasteiger partial charge in [0, 0.05) is 30.0 Å². The molecule has 0 atom stereocenters. The van der Waals surface area contributed by atoms with E-state index < -0.39 is 5.60 Å². The van der Waals surface area contributed by atoms with Crippen LogP contribution in [0.5, 0.6) is 5.75 Å². The second-order valence-electron chi connectivity index (χ2n) is 10.5. The molecule has 1 N–H and O–H groups in total. The van der Waals surface area contributed by atoms with Gasteiger partial charge in [0.25, 0.3) is 5.91 Å². The Morgan fingerprint density at radius 3 is 2.24 bits per heavy atom. The summed E-state index contributed by atoms with van der Waals surface area (Å²) in [6.45, 7) is 9.72. The molecule has 0 aromatic heterocycles. The van der Waals surface area contributed by atoms with Crippen molar-refractivity contribution in [3.05, 3.63) is 89.5 Å². The van der Waals surface area contributed by atoms with Gasteiger partial charge < -0.3 is 19.7 Å². The van der Waals surface area contributed by atoms with E-state index in [1.165, 1.54) is 0 Å². The zero-order valence-electron chi connectivity index (χ0n) is 22.1. The Balaban J connectivity index is 1.30. The summed E-state index contributed by atoms with van der Waals surface area (Å²) in [5.74, 6) is 0.436. The molecule has 1 saturated heterocycles. The van der Waals surface area contributed by atoms with Crippen LogP contribution < -0.4 is 15.0 Å². The van der Waals surface area contributed by atoms with Crippen molar-refractivity contribution in [3.8, 4) is 5.75 Å². The average molecular weight is 501 g/mol. The number of hydrogen-bond acceptors (Lipinski definition) is 5. The van der Waals surface area contributed by atoms with E-state index in [0.717, 1.165) is 48.5 Å². The summed E-state index contributed by atoms with van der Waals surface area (Å²) in [6, 6.07) is 23.3. The highest BCUT2D eigenvalue weighted by atomic mass is 16.6. The predicted octanol–water partition coefficient (Wildman–Crippen LogP) is 6.38. The quantitative estimate of drug-likeness (QED) is 0.381. The van der Waals surface area contributed by atoms with Crippen LogP contribution in [-0.2, 0) is 16.1 Å². The average Bonchev–Trinajstić information content (AvgIpc) is 2.88. The summed E-state index contributed by atoms with van der Waals surface area (Å²) in [5.41, 5.74) is 3.97. The predicted molar refractivity (Wildman–Crippen MR) is 147 cm³/mol. The molecule has 1 aliphatic heterocycles. The highest BCUT2D eigenvalue weighted by Gasteiger charge is 2.29. The van der Waals surface area contributed by atoms with Gasteiger partial charge in [-0.3, -0.25) is 9.59 Å². The van der Waals surface area contributed by atoms with E-state index in [0.29, 0.717) is 17.9 Å². The van der Waals surface area contributed by atoms with Crippen molar-refractivity contribution in [2.75, 3.05) is 23.3 Å². The van der Waals surface area contributed by atoms with Crippen LogP contribution in [0.2, 0.25) is 0 Å². The minimum absolute atomic E-state index is 0.0586. The Kier molecular flexibility index (Phi) is 8.17. The van der Waals surface area contributed by atoms with Gasteiger partial charge in [-0.25, -0.2) is 0 Å². The second-order valence-corrected chi connectivity index (χ2v) is 10.5. The maximum absolute atomic E-state index is 12.9. The topological polar surface area (TPSA) is 67.9 Å². The number of anilines is 2. The van der Waals surface area contributed by atoms with E-state index in [2.05, 4.69) is 10.2 Å². The molecule has 1 fully saturated rings. The SMILES string of the molecule is Cc1cc(N2CCC(C(=O)OC(C)(C)C)CC2)ccc1C(=O)Nc1ccc(OCc2ccccc2)cc1. The molecule has 0 unspecified atom stereocenters. The van der Waals surface area contributed by atoms with Crippen LogP contribution in [-0.4, -0.2) is 30.6 Å². The number of carbonyl (C=O) groups excluding carboxylic acids is 2. The fourth-order valence-corrected chi connectivity index (χ4v) is 4.43. The van der Waals surface area contributed by atoms with Crippen LogP contribution in [0, 0.1) is 12.8 Å². The normalized spacial score (nSPS) is 14.2. The van der Waals surface area contributed by atoms with Crippen LogP contribution in [0.15, 0.2) is 72.8 Å². The molecule has 0 radical (unpaired) electrons. The maximum atomic E-state index is 12.9. The number of nitrogens with one attached hydrogen (secondary N) is 1. The van der Waals surface area contributed by atoms with E-state index in [9.17, 15) is 9.59 Å². The number of nitrogens with zero attached hydrogens (tertiary/aromatic N) is 1. The second kappa shape index (κ2) is 11.5. The molecule has 0 saturated carbocycles. The molecular weight excluding hydrogens is 464 g/mol. The lowest BCUT2D eigenvalue weighted by Gasteiger charge is -2.34. The zero-order chi connectivity index (χ0) is 26.4. The van der Waals surface area contributed by atoms with E-state index in [-0.39, 0.29) is 17.8 Å². The molecule has 6 nitrogen and oxygen atoms in total. The maximum Gasteiger partial charge on any atom is 0.309 e. The number of aryl methyl sites for hydroxylation is 1. The van der Waals surface area contributed by atoms with E-state index >= 15 is 0 Å². The molecule has 6 heteroatoms. The summed E-state index contributed by atoms with van der Waals surface area (Å²) >= 11 is 0. The molecule has 0 spiro atoms. The van der Waals surface area contributed by atoms with Gasteiger partial charge in [0.05, 0.1) is 5.92 Å². The largest absolute Gasteiger partial charge is 0.489 e. The lowest BCUT2D eigenvalue weighted by molar-refractivity contribution is -0.160. The van der Waals surface area contributed by atoms with Crippen molar-refractivity contribution in [2.24, 2.45) is 5.92 Å². The van der Waals surface area contributed by atoms with E-state index in [1.54, 1.807) is 0 Å². The van der Waals surface area contributed by atoms with Crippen molar-refractivity contribution in [1.29, 1.82) is 0 Å². The number of rotatable bonds is 7. The molecule has 1 amide bonds. The third-order valence-corrected chi connectivity index (χ3v) is 6.42. The number of carbonyl (C=O) groups is 2. The van der Waals surface area contributed by atoms with Gasteiger partial charge >= 0.3 is 5.97 Å². The molecule has 37 heavy (non-hydrogen) atoms. The number of piperidine rings is 1. The van der Waals surface area contributed by atoms with Gasteiger partial charge in [-0.05, 0) is 94.1 Å². The number of amides is 1. The smallest absolute Gasteiger partial charge is 0.309 e. The Hall–Kier alpha value is -3.80. The molecular formula is C31H36N2O4. The number of esters is 1. The Morgan fingerprint density at radius 1 is 0.946 bits per heavy atom. The first-order chi connectivity index (χ1) is 17.7. The van der Waals surface area contributed by atoms with Gasteiger partial charge in [-0.2, -0.15) is 0 Å². The van der Waals surface area contributed by atoms with Gasteiger partial charge in [0.15, 0.2) is 0 Å². The summed E-state index contributed by atoms with van der Waals surface area (Å²) in [5, 5.41) is 2.98. The van der Waals surface area contributed by atoms with E-state index in [4.69, 9.17) is 9.47 Å². The molecule has 4 rings (SSSR count). The van der Waals surface area contributed by atoms with Gasteiger partial charge in [-0.15, -0.1) is 0 Å². The third kappa shape index (κ3) is 7.35.